The number of hydrogen-bond acceptors (Lipinski definition) is 2. The SMILES string of the molecule is CCC(CC(C)c1ccc(-c2ccc(C(C)(C)c3ccc(N(c4ccc(C(C)(C)c5ccccc5)cc4)c4c5ccccc5c(N(c5ccc(C(C)(C)c6ccccc6)cc5)c5ccc(C(C)(C)c6ccccc6)cc5)c5ccccc45)cc3)cc2)cc1)c1ccc(Br)cc1. The third-order valence-corrected chi connectivity index (χ3v) is 21.6. The van der Waals surface area contributed by atoms with Gasteiger partial charge in [0.25, 0.3) is 0 Å². The van der Waals surface area contributed by atoms with Crippen molar-refractivity contribution < 1.29 is 0 Å². The molecule has 0 saturated carbocycles. The smallest absolute Gasteiger partial charge is 0.0619 e. The summed E-state index contributed by atoms with van der Waals surface area (Å²) < 4.78 is 1.13. The lowest BCUT2D eigenvalue weighted by Gasteiger charge is -2.34. The summed E-state index contributed by atoms with van der Waals surface area (Å²) in [6.45, 7) is 23.4. The molecule has 2 atom stereocenters. The maximum Gasteiger partial charge on any atom is 0.0619 e. The van der Waals surface area contributed by atoms with E-state index in [1.54, 1.807) is 0 Å². The first-order chi connectivity index (χ1) is 45.9. The average molecular weight is 1300 g/mol. The molecule has 0 aromatic heterocycles. The van der Waals surface area contributed by atoms with Crippen LogP contribution in [0.4, 0.5) is 34.1 Å². The molecular weight excluding hydrogens is 1210 g/mol. The first kappa shape index (κ1) is 64.2. The highest BCUT2D eigenvalue weighted by atomic mass is 79.9. The molecule has 0 fully saturated rings. The number of anilines is 6. The van der Waals surface area contributed by atoms with Crippen molar-refractivity contribution >= 4 is 71.6 Å². The fourth-order valence-electron chi connectivity index (χ4n) is 14.6. The van der Waals surface area contributed by atoms with Gasteiger partial charge < -0.3 is 9.80 Å². The van der Waals surface area contributed by atoms with Crippen molar-refractivity contribution in [1.82, 2.24) is 0 Å². The average Bonchev–Trinajstić information content (AvgIpc) is 0.724. The molecule has 13 aromatic rings. The highest BCUT2D eigenvalue weighted by Gasteiger charge is 2.31. The standard InChI is InChI=1S/C92H87BrN2/c1-11-65(67-41-53-78(93)54-42-67)63-64(2)66-35-37-68(38-36-66)69-39-43-73(44-40-69)92(9,10)77-51-61-82(62-52-77)95(81-59-49-76(50-60-81)91(7,8)72-29-19-14-20-30-72)88-85-33-23-21-31-83(85)87(84-32-22-24-34-86(84)88)94(79-55-45-74(46-56-79)89(3,4)70-25-15-12-16-26-70)80-57-47-75(48-58-80)90(5,6)71-27-17-13-18-28-71/h12-62,64-65H,11,63H2,1-10H3. The largest absolute Gasteiger partial charge is 0.309 e. The molecule has 13 rings (SSSR count). The molecule has 0 aliphatic heterocycles. The second kappa shape index (κ2) is 26.7. The van der Waals surface area contributed by atoms with E-state index in [-0.39, 0.29) is 21.7 Å². The quantitative estimate of drug-likeness (QED) is 0.0554. The fourth-order valence-corrected chi connectivity index (χ4v) is 14.9. The number of nitrogens with zero attached hydrogens (tertiary/aromatic N) is 2. The van der Waals surface area contributed by atoms with Crippen molar-refractivity contribution in [2.45, 2.75) is 116 Å². The van der Waals surface area contributed by atoms with E-state index in [2.05, 4.69) is 404 Å². The van der Waals surface area contributed by atoms with Crippen molar-refractivity contribution in [3.63, 3.8) is 0 Å². The molecule has 0 heterocycles. The van der Waals surface area contributed by atoms with E-state index in [1.165, 1.54) is 66.8 Å². The Labute approximate surface area is 573 Å². The summed E-state index contributed by atoms with van der Waals surface area (Å²) >= 11 is 3.62. The molecule has 13 aromatic carbocycles. The van der Waals surface area contributed by atoms with E-state index in [0.717, 1.165) is 73.0 Å². The van der Waals surface area contributed by atoms with Gasteiger partial charge in [-0.3, -0.25) is 0 Å². The van der Waals surface area contributed by atoms with E-state index < -0.39 is 0 Å². The molecule has 0 spiro atoms. The lowest BCUT2D eigenvalue weighted by molar-refractivity contribution is 0.544. The van der Waals surface area contributed by atoms with Crippen LogP contribution < -0.4 is 9.80 Å². The second-order valence-corrected chi connectivity index (χ2v) is 29.2. The third-order valence-electron chi connectivity index (χ3n) is 21.1. The second-order valence-electron chi connectivity index (χ2n) is 28.2. The Morgan fingerprint density at radius 1 is 0.284 bits per heavy atom. The monoisotopic (exact) mass is 1300 g/mol. The van der Waals surface area contributed by atoms with Crippen molar-refractivity contribution in [2.75, 3.05) is 9.80 Å². The van der Waals surface area contributed by atoms with Gasteiger partial charge in [0.2, 0.25) is 0 Å². The Hall–Kier alpha value is -9.54. The number of benzene rings is 13. The van der Waals surface area contributed by atoms with Gasteiger partial charge in [0, 0.05) is 70.4 Å². The van der Waals surface area contributed by atoms with E-state index in [1.807, 2.05) is 0 Å². The van der Waals surface area contributed by atoms with Crippen LogP contribution in [0.5, 0.6) is 0 Å². The van der Waals surface area contributed by atoms with E-state index in [0.29, 0.717) is 11.8 Å². The summed E-state index contributed by atoms with van der Waals surface area (Å²) in [5, 5.41) is 4.61. The van der Waals surface area contributed by atoms with Crippen molar-refractivity contribution in [3.05, 3.63) is 369 Å². The molecule has 472 valence electrons. The van der Waals surface area contributed by atoms with Crippen LogP contribution in [0.3, 0.4) is 0 Å². The summed E-state index contributed by atoms with van der Waals surface area (Å²) in [6.07, 6.45) is 2.25. The minimum atomic E-state index is -0.286. The Kier molecular flexibility index (Phi) is 18.0. The lowest BCUT2D eigenvalue weighted by Crippen LogP contribution is -2.20. The minimum absolute atomic E-state index is 0.205. The van der Waals surface area contributed by atoms with Gasteiger partial charge in [-0.15, -0.1) is 0 Å². The Morgan fingerprint density at radius 2 is 0.526 bits per heavy atom. The van der Waals surface area contributed by atoms with Gasteiger partial charge in [0.1, 0.15) is 0 Å². The van der Waals surface area contributed by atoms with Crippen LogP contribution in [-0.2, 0) is 21.7 Å². The Morgan fingerprint density at radius 3 is 0.811 bits per heavy atom. The summed E-state index contributed by atoms with van der Waals surface area (Å²) in [6, 6.07) is 116. The number of halogens is 1. The number of fused-ring (bicyclic) bond motifs is 2. The van der Waals surface area contributed by atoms with Crippen molar-refractivity contribution in [3.8, 4) is 11.1 Å². The molecule has 2 nitrogen and oxygen atoms in total. The van der Waals surface area contributed by atoms with Crippen molar-refractivity contribution in [2.24, 2.45) is 0 Å². The van der Waals surface area contributed by atoms with Crippen LogP contribution in [0.2, 0.25) is 0 Å². The summed E-state index contributed by atoms with van der Waals surface area (Å²) in [7, 11) is 0. The predicted octanol–water partition coefficient (Wildman–Crippen LogP) is 26.4. The molecular formula is C92H87BrN2. The molecule has 0 amide bonds. The highest BCUT2D eigenvalue weighted by molar-refractivity contribution is 9.10. The van der Waals surface area contributed by atoms with E-state index in [4.69, 9.17) is 0 Å². The Bertz CT molecular complexity index is 4570. The Balaban J connectivity index is 0.900. The van der Waals surface area contributed by atoms with Gasteiger partial charge in [-0.2, -0.15) is 0 Å². The van der Waals surface area contributed by atoms with Gasteiger partial charge in [0.15, 0.2) is 0 Å². The zero-order chi connectivity index (χ0) is 66.1. The van der Waals surface area contributed by atoms with Crippen molar-refractivity contribution in [1.29, 1.82) is 0 Å². The van der Waals surface area contributed by atoms with Crippen LogP contribution >= 0.6 is 15.9 Å². The van der Waals surface area contributed by atoms with Crippen LogP contribution in [-0.4, -0.2) is 0 Å². The molecule has 0 aliphatic carbocycles. The van der Waals surface area contributed by atoms with Gasteiger partial charge >= 0.3 is 0 Å². The highest BCUT2D eigenvalue weighted by Crippen LogP contribution is 2.52. The van der Waals surface area contributed by atoms with Gasteiger partial charge in [-0.05, 0) is 152 Å². The van der Waals surface area contributed by atoms with Gasteiger partial charge in [-0.25, -0.2) is 0 Å². The van der Waals surface area contributed by atoms with Crippen LogP contribution in [0, 0.1) is 0 Å². The van der Waals surface area contributed by atoms with E-state index >= 15 is 0 Å². The first-order valence-corrected chi connectivity index (χ1v) is 34.8. The zero-order valence-corrected chi connectivity index (χ0v) is 58.4. The maximum atomic E-state index is 3.62. The van der Waals surface area contributed by atoms with E-state index in [9.17, 15) is 0 Å². The molecule has 95 heavy (non-hydrogen) atoms. The summed E-state index contributed by atoms with van der Waals surface area (Å²) in [5.74, 6) is 0.980. The third kappa shape index (κ3) is 12.7. The molecule has 0 aliphatic rings. The topological polar surface area (TPSA) is 6.48 Å². The zero-order valence-electron chi connectivity index (χ0n) is 56.8. The number of rotatable bonds is 20. The van der Waals surface area contributed by atoms with Crippen LogP contribution in [0.15, 0.2) is 314 Å². The first-order valence-electron chi connectivity index (χ1n) is 34.0. The molecule has 3 heteroatoms. The fraction of sp³-hybridized carbons (Fsp3) is 0.196. The lowest BCUT2D eigenvalue weighted by atomic mass is 9.77. The molecule has 0 bridgehead atoms. The molecule has 0 saturated heterocycles. The maximum absolute atomic E-state index is 3.62. The molecule has 0 N–H and O–H groups in total. The number of hydrogen-bond donors (Lipinski definition) is 0. The molecule has 0 radical (unpaired) electrons. The molecule has 2 unspecified atom stereocenters. The normalized spacial score (nSPS) is 12.8. The minimum Gasteiger partial charge on any atom is -0.309 e. The summed E-state index contributed by atoms with van der Waals surface area (Å²) in [5.41, 5.74) is 21.1. The van der Waals surface area contributed by atoms with Crippen LogP contribution in [0.1, 0.15) is 150 Å². The van der Waals surface area contributed by atoms with Gasteiger partial charge in [0.05, 0.1) is 11.4 Å². The van der Waals surface area contributed by atoms with Gasteiger partial charge in [-0.1, -0.05) is 334 Å². The van der Waals surface area contributed by atoms with Crippen LogP contribution in [0.25, 0.3) is 32.7 Å². The predicted molar refractivity (Wildman–Crippen MR) is 411 cm³/mol. The summed E-state index contributed by atoms with van der Waals surface area (Å²) in [4.78, 5) is 5.02.